The third-order valence-corrected chi connectivity index (χ3v) is 3.29. The number of carbonyl (C=O) groups is 1. The molecule has 110 valence electrons. The van der Waals surface area contributed by atoms with E-state index in [1.165, 1.54) is 7.11 Å². The zero-order valence-corrected chi connectivity index (χ0v) is 13.1. The molecule has 0 radical (unpaired) electrons. The number of hydrogen-bond acceptors (Lipinski definition) is 3. The standard InChI is InChI=1S/C17H25NO2/c1-16(2,3)11-12-17(4,15(19)20-5)18-13-14-9-7-6-8-10-14/h6-10,13H,11-12H2,1-5H3/b18-13+. The van der Waals surface area contributed by atoms with E-state index in [1.54, 1.807) is 6.21 Å². The van der Waals surface area contributed by atoms with Crippen molar-refractivity contribution in [2.45, 2.75) is 46.1 Å². The lowest BCUT2D eigenvalue weighted by atomic mass is 9.84. The lowest BCUT2D eigenvalue weighted by molar-refractivity contribution is -0.146. The number of aliphatic imine (C=N–C) groups is 1. The molecule has 20 heavy (non-hydrogen) atoms. The first-order chi connectivity index (χ1) is 9.27. The maximum atomic E-state index is 12.0. The van der Waals surface area contributed by atoms with Crippen LogP contribution in [0.1, 0.15) is 46.1 Å². The number of nitrogens with zero attached hydrogens (tertiary/aromatic N) is 1. The van der Waals surface area contributed by atoms with Crippen LogP contribution in [0.3, 0.4) is 0 Å². The molecule has 0 fully saturated rings. The van der Waals surface area contributed by atoms with Gasteiger partial charge >= 0.3 is 5.97 Å². The van der Waals surface area contributed by atoms with Crippen LogP contribution in [0.4, 0.5) is 0 Å². The zero-order valence-electron chi connectivity index (χ0n) is 13.1. The van der Waals surface area contributed by atoms with Crippen molar-refractivity contribution in [3.8, 4) is 0 Å². The molecule has 1 aromatic carbocycles. The lowest BCUT2D eigenvalue weighted by Crippen LogP contribution is -2.35. The van der Waals surface area contributed by atoms with Crippen molar-refractivity contribution < 1.29 is 9.53 Å². The molecule has 0 bridgehead atoms. The average molecular weight is 275 g/mol. The van der Waals surface area contributed by atoms with E-state index in [4.69, 9.17) is 4.74 Å². The fraction of sp³-hybridized carbons (Fsp3) is 0.529. The van der Waals surface area contributed by atoms with Crippen LogP contribution in [0.5, 0.6) is 0 Å². The van der Waals surface area contributed by atoms with Gasteiger partial charge in [-0.05, 0) is 30.7 Å². The average Bonchev–Trinajstić information content (AvgIpc) is 2.42. The van der Waals surface area contributed by atoms with Crippen LogP contribution in [0.15, 0.2) is 35.3 Å². The van der Waals surface area contributed by atoms with E-state index >= 15 is 0 Å². The van der Waals surface area contributed by atoms with Crippen molar-refractivity contribution in [2.24, 2.45) is 10.4 Å². The summed E-state index contributed by atoms with van der Waals surface area (Å²) in [5.74, 6) is -0.283. The van der Waals surface area contributed by atoms with Crippen molar-refractivity contribution in [3.63, 3.8) is 0 Å². The molecular weight excluding hydrogens is 250 g/mol. The van der Waals surface area contributed by atoms with E-state index in [-0.39, 0.29) is 11.4 Å². The number of esters is 1. The Labute approximate surface area is 122 Å². The van der Waals surface area contributed by atoms with Gasteiger partial charge < -0.3 is 4.74 Å². The summed E-state index contributed by atoms with van der Waals surface area (Å²) in [6.07, 6.45) is 3.33. The summed E-state index contributed by atoms with van der Waals surface area (Å²) in [5, 5.41) is 0. The first kappa shape index (κ1) is 16.4. The highest BCUT2D eigenvalue weighted by Crippen LogP contribution is 2.28. The number of benzene rings is 1. The van der Waals surface area contributed by atoms with E-state index in [0.29, 0.717) is 6.42 Å². The van der Waals surface area contributed by atoms with Gasteiger partial charge in [-0.15, -0.1) is 0 Å². The third-order valence-electron chi connectivity index (χ3n) is 3.29. The lowest BCUT2D eigenvalue weighted by Gasteiger charge is -2.26. The highest BCUT2D eigenvalue weighted by Gasteiger charge is 2.34. The maximum Gasteiger partial charge on any atom is 0.333 e. The van der Waals surface area contributed by atoms with Crippen LogP contribution >= 0.6 is 0 Å². The van der Waals surface area contributed by atoms with Gasteiger partial charge in [0.25, 0.3) is 0 Å². The second-order valence-electron chi connectivity index (χ2n) is 6.49. The van der Waals surface area contributed by atoms with Gasteiger partial charge in [0.05, 0.1) is 7.11 Å². The van der Waals surface area contributed by atoms with E-state index in [2.05, 4.69) is 25.8 Å². The normalized spacial score (nSPS) is 15.1. The fourth-order valence-corrected chi connectivity index (χ4v) is 1.81. The van der Waals surface area contributed by atoms with Crippen molar-refractivity contribution in [1.82, 2.24) is 0 Å². The fourth-order valence-electron chi connectivity index (χ4n) is 1.81. The highest BCUT2D eigenvalue weighted by molar-refractivity contribution is 5.86. The molecule has 0 amide bonds. The molecule has 0 aliphatic carbocycles. The van der Waals surface area contributed by atoms with Crippen molar-refractivity contribution in [3.05, 3.63) is 35.9 Å². The van der Waals surface area contributed by atoms with Gasteiger partial charge in [0.1, 0.15) is 0 Å². The van der Waals surface area contributed by atoms with Gasteiger partial charge in [0, 0.05) is 6.21 Å². The molecule has 0 heterocycles. The predicted molar refractivity (Wildman–Crippen MR) is 83.1 cm³/mol. The Balaban J connectivity index is 2.89. The molecule has 1 atom stereocenters. The number of rotatable bonds is 5. The largest absolute Gasteiger partial charge is 0.467 e. The number of hydrogen-bond donors (Lipinski definition) is 0. The number of methoxy groups -OCH3 is 1. The highest BCUT2D eigenvalue weighted by atomic mass is 16.5. The second-order valence-corrected chi connectivity index (χ2v) is 6.49. The summed E-state index contributed by atoms with van der Waals surface area (Å²) in [6, 6.07) is 9.78. The van der Waals surface area contributed by atoms with Crippen LogP contribution < -0.4 is 0 Å². The number of carbonyl (C=O) groups excluding carboxylic acids is 1. The minimum absolute atomic E-state index is 0.164. The molecule has 3 nitrogen and oxygen atoms in total. The SMILES string of the molecule is COC(=O)C(C)(CCC(C)(C)C)/N=C/c1ccccc1. The zero-order chi connectivity index (χ0) is 15.2. The van der Waals surface area contributed by atoms with Gasteiger partial charge in [-0.25, -0.2) is 4.79 Å². The van der Waals surface area contributed by atoms with Crippen LogP contribution in [0, 0.1) is 5.41 Å². The van der Waals surface area contributed by atoms with E-state index in [9.17, 15) is 4.79 Å². The van der Waals surface area contributed by atoms with Crippen LogP contribution in [-0.2, 0) is 9.53 Å². The molecule has 0 aliphatic heterocycles. The Morgan fingerprint density at radius 2 is 1.75 bits per heavy atom. The maximum absolute atomic E-state index is 12.0. The minimum Gasteiger partial charge on any atom is -0.467 e. The molecular formula is C17H25NO2. The van der Waals surface area contributed by atoms with Gasteiger partial charge in [0.15, 0.2) is 5.54 Å². The van der Waals surface area contributed by atoms with Gasteiger partial charge in [-0.3, -0.25) is 4.99 Å². The van der Waals surface area contributed by atoms with E-state index in [0.717, 1.165) is 12.0 Å². The van der Waals surface area contributed by atoms with E-state index < -0.39 is 5.54 Å². The molecule has 1 rings (SSSR count). The molecule has 3 heteroatoms. The minimum atomic E-state index is -0.822. The monoisotopic (exact) mass is 275 g/mol. The molecule has 0 spiro atoms. The molecule has 0 aromatic heterocycles. The van der Waals surface area contributed by atoms with Crippen molar-refractivity contribution >= 4 is 12.2 Å². The Hall–Kier alpha value is -1.64. The molecule has 1 unspecified atom stereocenters. The summed E-state index contributed by atoms with van der Waals surface area (Å²) < 4.78 is 4.92. The van der Waals surface area contributed by atoms with Gasteiger partial charge in [0.2, 0.25) is 0 Å². The van der Waals surface area contributed by atoms with Crippen molar-refractivity contribution in [2.75, 3.05) is 7.11 Å². The summed E-state index contributed by atoms with van der Waals surface area (Å²) in [5.41, 5.74) is 0.327. The van der Waals surface area contributed by atoms with Crippen LogP contribution in [0.25, 0.3) is 0 Å². The summed E-state index contributed by atoms with van der Waals surface area (Å²) in [4.78, 5) is 16.5. The second kappa shape index (κ2) is 6.69. The molecule has 0 N–H and O–H groups in total. The first-order valence-corrected chi connectivity index (χ1v) is 6.95. The topological polar surface area (TPSA) is 38.7 Å². The Kier molecular flexibility index (Phi) is 5.49. The van der Waals surface area contributed by atoms with Crippen molar-refractivity contribution in [1.29, 1.82) is 0 Å². The molecule has 0 saturated carbocycles. The number of ether oxygens (including phenoxy) is 1. The van der Waals surface area contributed by atoms with E-state index in [1.807, 2.05) is 37.3 Å². The quantitative estimate of drug-likeness (QED) is 0.604. The van der Waals surface area contributed by atoms with Gasteiger partial charge in [-0.2, -0.15) is 0 Å². The Morgan fingerprint density at radius 3 is 2.25 bits per heavy atom. The molecule has 0 saturated heterocycles. The summed E-state index contributed by atoms with van der Waals surface area (Å²) in [6.45, 7) is 8.31. The smallest absolute Gasteiger partial charge is 0.333 e. The third kappa shape index (κ3) is 5.16. The van der Waals surface area contributed by atoms with Crippen LogP contribution in [0.2, 0.25) is 0 Å². The van der Waals surface area contributed by atoms with Crippen LogP contribution in [-0.4, -0.2) is 24.8 Å². The molecule has 0 aliphatic rings. The Bertz CT molecular complexity index is 460. The van der Waals surface area contributed by atoms with Gasteiger partial charge in [-0.1, -0.05) is 51.1 Å². The summed E-state index contributed by atoms with van der Waals surface area (Å²) in [7, 11) is 1.41. The predicted octanol–water partition coefficient (Wildman–Crippen LogP) is 3.86. The molecule has 1 aromatic rings. The first-order valence-electron chi connectivity index (χ1n) is 6.95. The Morgan fingerprint density at radius 1 is 1.15 bits per heavy atom. The summed E-state index contributed by atoms with van der Waals surface area (Å²) >= 11 is 0.